The summed E-state index contributed by atoms with van der Waals surface area (Å²) in [6.45, 7) is 3.78. The van der Waals surface area contributed by atoms with Crippen LogP contribution in [0.3, 0.4) is 0 Å². The summed E-state index contributed by atoms with van der Waals surface area (Å²) in [6.07, 6.45) is 1.78. The molecule has 3 rings (SSSR count). The first-order valence-electron chi connectivity index (χ1n) is 9.54. The number of likely N-dealkylation sites (tertiary alicyclic amines) is 1. The molecule has 0 aromatic heterocycles. The van der Waals surface area contributed by atoms with Gasteiger partial charge in [-0.05, 0) is 44.0 Å². The molecule has 0 bridgehead atoms. The van der Waals surface area contributed by atoms with Crippen molar-refractivity contribution in [2.45, 2.75) is 25.8 Å². The van der Waals surface area contributed by atoms with Crippen LogP contribution in [-0.4, -0.2) is 36.3 Å². The summed E-state index contributed by atoms with van der Waals surface area (Å²) in [5, 5.41) is 6.02. The summed E-state index contributed by atoms with van der Waals surface area (Å²) >= 11 is 0. The monoisotopic (exact) mass is 365 g/mol. The van der Waals surface area contributed by atoms with E-state index in [1.54, 1.807) is 0 Å². The van der Waals surface area contributed by atoms with E-state index in [1.165, 1.54) is 0 Å². The molecule has 1 aliphatic rings. The van der Waals surface area contributed by atoms with E-state index in [0.29, 0.717) is 13.1 Å². The minimum Gasteiger partial charge on any atom is -0.348 e. The van der Waals surface area contributed by atoms with Gasteiger partial charge in [-0.15, -0.1) is 0 Å². The maximum atomic E-state index is 12.5. The van der Waals surface area contributed by atoms with E-state index >= 15 is 0 Å². The average Bonchev–Trinajstić information content (AvgIpc) is 2.69. The number of carbonyl (C=O) groups excluding carboxylic acids is 2. The van der Waals surface area contributed by atoms with Gasteiger partial charge in [-0.2, -0.15) is 0 Å². The van der Waals surface area contributed by atoms with Crippen LogP contribution in [-0.2, 0) is 9.59 Å². The second kappa shape index (κ2) is 9.33. The van der Waals surface area contributed by atoms with Gasteiger partial charge in [0.2, 0.25) is 11.8 Å². The van der Waals surface area contributed by atoms with E-state index < -0.39 is 0 Å². The van der Waals surface area contributed by atoms with Crippen LogP contribution < -0.4 is 10.6 Å². The molecule has 5 heteroatoms. The smallest absolute Gasteiger partial charge is 0.234 e. The Hall–Kier alpha value is -2.66. The molecular formula is C22H27N3O2. The normalized spacial score (nSPS) is 18.5. The fourth-order valence-corrected chi connectivity index (χ4v) is 3.49. The zero-order valence-electron chi connectivity index (χ0n) is 15.7. The minimum absolute atomic E-state index is 0.00419. The van der Waals surface area contributed by atoms with Crippen LogP contribution in [0.1, 0.15) is 31.4 Å². The van der Waals surface area contributed by atoms with Gasteiger partial charge in [0.1, 0.15) is 0 Å². The van der Waals surface area contributed by atoms with Crippen molar-refractivity contribution in [2.24, 2.45) is 5.92 Å². The van der Waals surface area contributed by atoms with Gasteiger partial charge >= 0.3 is 0 Å². The molecule has 0 unspecified atom stereocenters. The number of hydrogen-bond acceptors (Lipinski definition) is 3. The second-order valence-corrected chi connectivity index (χ2v) is 7.13. The summed E-state index contributed by atoms with van der Waals surface area (Å²) < 4.78 is 0. The first kappa shape index (κ1) is 19.1. The SMILES string of the molecule is C[C@@H](NC(=O)CN1CCC[C@H](C(=O)Nc2ccccc2)C1)c1ccccc1. The molecule has 2 N–H and O–H groups in total. The number of nitrogens with one attached hydrogen (secondary N) is 2. The highest BCUT2D eigenvalue weighted by Crippen LogP contribution is 2.19. The lowest BCUT2D eigenvalue weighted by molar-refractivity contribution is -0.126. The molecule has 2 amide bonds. The van der Waals surface area contributed by atoms with Crippen LogP contribution in [0.2, 0.25) is 0 Å². The fourth-order valence-electron chi connectivity index (χ4n) is 3.49. The third kappa shape index (κ3) is 5.66. The first-order valence-corrected chi connectivity index (χ1v) is 9.54. The number of amides is 2. The van der Waals surface area contributed by atoms with E-state index in [-0.39, 0.29) is 23.8 Å². The number of para-hydroxylation sites is 1. The van der Waals surface area contributed by atoms with Gasteiger partial charge in [0.25, 0.3) is 0 Å². The van der Waals surface area contributed by atoms with Gasteiger partial charge in [0, 0.05) is 12.2 Å². The van der Waals surface area contributed by atoms with Crippen LogP contribution in [0.25, 0.3) is 0 Å². The molecule has 1 fully saturated rings. The van der Waals surface area contributed by atoms with Gasteiger partial charge in [-0.3, -0.25) is 14.5 Å². The molecule has 0 spiro atoms. The highest BCUT2D eigenvalue weighted by atomic mass is 16.2. The van der Waals surface area contributed by atoms with Crippen molar-refractivity contribution in [1.29, 1.82) is 0 Å². The Morgan fingerprint density at radius 1 is 1.07 bits per heavy atom. The van der Waals surface area contributed by atoms with E-state index in [9.17, 15) is 9.59 Å². The molecule has 5 nitrogen and oxygen atoms in total. The van der Waals surface area contributed by atoms with Crippen molar-refractivity contribution in [3.63, 3.8) is 0 Å². The Morgan fingerprint density at radius 2 is 1.74 bits per heavy atom. The van der Waals surface area contributed by atoms with Crippen molar-refractivity contribution < 1.29 is 9.59 Å². The average molecular weight is 365 g/mol. The molecule has 1 aliphatic heterocycles. The number of nitrogens with zero attached hydrogens (tertiary/aromatic N) is 1. The molecule has 142 valence electrons. The van der Waals surface area contributed by atoms with Crippen LogP contribution in [0.15, 0.2) is 60.7 Å². The van der Waals surface area contributed by atoms with E-state index in [0.717, 1.165) is 30.6 Å². The summed E-state index contributed by atoms with van der Waals surface area (Å²) in [5.41, 5.74) is 1.90. The number of piperidine rings is 1. The molecular weight excluding hydrogens is 338 g/mol. The summed E-state index contributed by atoms with van der Waals surface area (Å²) in [7, 11) is 0. The van der Waals surface area contributed by atoms with E-state index in [1.807, 2.05) is 67.6 Å². The zero-order valence-corrected chi connectivity index (χ0v) is 15.7. The van der Waals surface area contributed by atoms with Gasteiger partial charge in [0.05, 0.1) is 18.5 Å². The molecule has 2 atom stereocenters. The lowest BCUT2D eigenvalue weighted by atomic mass is 9.97. The number of carbonyl (C=O) groups is 2. The Morgan fingerprint density at radius 3 is 2.44 bits per heavy atom. The van der Waals surface area contributed by atoms with Crippen molar-refractivity contribution in [1.82, 2.24) is 10.2 Å². The number of rotatable bonds is 6. The number of hydrogen-bond donors (Lipinski definition) is 2. The van der Waals surface area contributed by atoms with E-state index in [4.69, 9.17) is 0 Å². The predicted molar refractivity (Wildman–Crippen MR) is 107 cm³/mol. The third-order valence-corrected chi connectivity index (χ3v) is 4.96. The molecule has 2 aromatic carbocycles. The van der Waals surface area contributed by atoms with E-state index in [2.05, 4.69) is 15.5 Å². The third-order valence-electron chi connectivity index (χ3n) is 4.96. The van der Waals surface area contributed by atoms with Crippen LogP contribution in [0, 0.1) is 5.92 Å². The Balaban J connectivity index is 1.49. The Labute approximate surface area is 160 Å². The van der Waals surface area contributed by atoms with Crippen LogP contribution in [0.4, 0.5) is 5.69 Å². The van der Waals surface area contributed by atoms with Crippen LogP contribution in [0.5, 0.6) is 0 Å². The quantitative estimate of drug-likeness (QED) is 0.826. The predicted octanol–water partition coefficient (Wildman–Crippen LogP) is 3.21. The first-order chi connectivity index (χ1) is 13.1. The molecule has 1 heterocycles. The Bertz CT molecular complexity index is 749. The van der Waals surface area contributed by atoms with Gasteiger partial charge in [0.15, 0.2) is 0 Å². The minimum atomic E-state index is -0.0849. The van der Waals surface area contributed by atoms with Crippen molar-refractivity contribution in [3.8, 4) is 0 Å². The Kier molecular flexibility index (Phi) is 6.60. The highest BCUT2D eigenvalue weighted by molar-refractivity contribution is 5.92. The van der Waals surface area contributed by atoms with Gasteiger partial charge in [-0.1, -0.05) is 48.5 Å². The van der Waals surface area contributed by atoms with Crippen molar-refractivity contribution in [3.05, 3.63) is 66.2 Å². The summed E-state index contributed by atoms with van der Waals surface area (Å²) in [4.78, 5) is 27.0. The lowest BCUT2D eigenvalue weighted by Crippen LogP contribution is -2.45. The fraction of sp³-hybridized carbons (Fsp3) is 0.364. The second-order valence-electron chi connectivity index (χ2n) is 7.13. The molecule has 0 radical (unpaired) electrons. The molecule has 0 aliphatic carbocycles. The number of benzene rings is 2. The summed E-state index contributed by atoms with van der Waals surface area (Å²) in [5.74, 6) is -0.0577. The summed E-state index contributed by atoms with van der Waals surface area (Å²) in [6, 6.07) is 19.4. The maximum absolute atomic E-state index is 12.5. The largest absolute Gasteiger partial charge is 0.348 e. The number of anilines is 1. The van der Waals surface area contributed by atoms with Gasteiger partial charge < -0.3 is 10.6 Å². The van der Waals surface area contributed by atoms with Crippen molar-refractivity contribution in [2.75, 3.05) is 25.0 Å². The molecule has 27 heavy (non-hydrogen) atoms. The topological polar surface area (TPSA) is 61.4 Å². The van der Waals surface area contributed by atoms with Crippen LogP contribution >= 0.6 is 0 Å². The van der Waals surface area contributed by atoms with Gasteiger partial charge in [-0.25, -0.2) is 0 Å². The molecule has 0 saturated carbocycles. The highest BCUT2D eigenvalue weighted by Gasteiger charge is 2.27. The van der Waals surface area contributed by atoms with Crippen molar-refractivity contribution >= 4 is 17.5 Å². The lowest BCUT2D eigenvalue weighted by Gasteiger charge is -2.31. The molecule has 1 saturated heterocycles. The zero-order chi connectivity index (χ0) is 19.1. The maximum Gasteiger partial charge on any atom is 0.234 e. The standard InChI is InChI=1S/C22H27N3O2/c1-17(18-9-4-2-5-10-18)23-21(26)16-25-14-8-11-19(15-25)22(27)24-20-12-6-3-7-13-20/h2-7,9-10,12-13,17,19H,8,11,14-16H2,1H3,(H,23,26)(H,24,27)/t17-,19+/m1/s1. The molecule has 2 aromatic rings.